The molecule has 1 unspecified atom stereocenters. The topological polar surface area (TPSA) is 81.6 Å². The van der Waals surface area contributed by atoms with Gasteiger partial charge in [-0.05, 0) is 61.9 Å². The zero-order valence-corrected chi connectivity index (χ0v) is 19.3. The van der Waals surface area contributed by atoms with Gasteiger partial charge in [-0.25, -0.2) is 14.4 Å². The SMILES string of the molecule is CCOC(=O)C1(COc2cnc(-c3ccc(Cl)cc3)nc2)CCN(C(=O)c2ccc(F)cc2)C1. The second-order valence-corrected chi connectivity index (χ2v) is 8.46. The fourth-order valence-electron chi connectivity index (χ4n) is 3.81. The van der Waals surface area contributed by atoms with Gasteiger partial charge in [0.2, 0.25) is 0 Å². The number of hydrogen-bond donors (Lipinski definition) is 0. The fourth-order valence-corrected chi connectivity index (χ4v) is 3.93. The van der Waals surface area contributed by atoms with Crippen LogP contribution in [0.3, 0.4) is 0 Å². The molecule has 0 bridgehead atoms. The highest BCUT2D eigenvalue weighted by Gasteiger charge is 2.48. The van der Waals surface area contributed by atoms with Crippen LogP contribution in [-0.4, -0.2) is 53.0 Å². The predicted molar refractivity (Wildman–Crippen MR) is 124 cm³/mol. The second kappa shape index (κ2) is 10.2. The molecule has 0 spiro atoms. The molecule has 1 aromatic heterocycles. The summed E-state index contributed by atoms with van der Waals surface area (Å²) in [4.78, 5) is 36.0. The van der Waals surface area contributed by atoms with Crippen molar-refractivity contribution in [2.45, 2.75) is 13.3 Å². The van der Waals surface area contributed by atoms with Crippen LogP contribution in [0.15, 0.2) is 60.9 Å². The Morgan fingerprint density at radius 2 is 1.76 bits per heavy atom. The third-order valence-corrected chi connectivity index (χ3v) is 5.94. The lowest BCUT2D eigenvalue weighted by Gasteiger charge is -2.27. The van der Waals surface area contributed by atoms with Crippen LogP contribution in [0.4, 0.5) is 4.39 Å². The Labute approximate surface area is 201 Å². The van der Waals surface area contributed by atoms with Crippen molar-refractivity contribution >= 4 is 23.5 Å². The number of amides is 1. The first-order valence-electron chi connectivity index (χ1n) is 10.8. The minimum atomic E-state index is -1.03. The Bertz CT molecular complexity index is 1160. The summed E-state index contributed by atoms with van der Waals surface area (Å²) in [5, 5.41) is 0.622. The van der Waals surface area contributed by atoms with Crippen molar-refractivity contribution in [3.63, 3.8) is 0 Å². The van der Waals surface area contributed by atoms with E-state index in [2.05, 4.69) is 9.97 Å². The lowest BCUT2D eigenvalue weighted by Crippen LogP contribution is -2.42. The summed E-state index contributed by atoms with van der Waals surface area (Å²) in [6.45, 7) is 2.43. The molecule has 0 N–H and O–H groups in total. The molecule has 1 aliphatic heterocycles. The standard InChI is InChI=1S/C25H23ClFN3O4/c1-2-33-24(32)25(11-12-30(15-25)23(31)18-5-9-20(27)10-6-18)16-34-21-13-28-22(29-14-21)17-3-7-19(26)8-4-17/h3-10,13-14H,2,11-12,15-16H2,1H3. The van der Waals surface area contributed by atoms with Gasteiger partial charge < -0.3 is 14.4 Å². The summed E-state index contributed by atoms with van der Waals surface area (Å²) in [5.74, 6) is -0.216. The van der Waals surface area contributed by atoms with Crippen molar-refractivity contribution in [1.82, 2.24) is 14.9 Å². The van der Waals surface area contributed by atoms with Gasteiger partial charge in [-0.2, -0.15) is 0 Å². The first-order chi connectivity index (χ1) is 16.4. The number of ether oxygens (including phenoxy) is 2. The summed E-state index contributed by atoms with van der Waals surface area (Å²) < 4.78 is 24.4. The van der Waals surface area contributed by atoms with Gasteiger partial charge in [0, 0.05) is 29.2 Å². The third-order valence-electron chi connectivity index (χ3n) is 5.69. The Morgan fingerprint density at radius 3 is 2.41 bits per heavy atom. The number of esters is 1. The van der Waals surface area contributed by atoms with Crippen LogP contribution < -0.4 is 4.74 Å². The molecule has 0 saturated carbocycles. The number of halogens is 2. The van der Waals surface area contributed by atoms with Gasteiger partial charge in [-0.15, -0.1) is 0 Å². The lowest BCUT2D eigenvalue weighted by atomic mass is 9.88. The zero-order chi connectivity index (χ0) is 24.1. The Morgan fingerprint density at radius 1 is 1.09 bits per heavy atom. The van der Waals surface area contributed by atoms with E-state index in [9.17, 15) is 14.0 Å². The number of nitrogens with zero attached hydrogens (tertiary/aromatic N) is 3. The van der Waals surface area contributed by atoms with Gasteiger partial charge in [-0.3, -0.25) is 9.59 Å². The van der Waals surface area contributed by atoms with Crippen molar-refractivity contribution in [3.8, 4) is 17.1 Å². The maximum absolute atomic E-state index is 13.2. The van der Waals surface area contributed by atoms with Crippen LogP contribution in [-0.2, 0) is 9.53 Å². The maximum Gasteiger partial charge on any atom is 0.317 e. The van der Waals surface area contributed by atoms with Crippen molar-refractivity contribution < 1.29 is 23.5 Å². The summed E-state index contributed by atoms with van der Waals surface area (Å²) >= 11 is 5.92. The largest absolute Gasteiger partial charge is 0.489 e. The van der Waals surface area contributed by atoms with E-state index < -0.39 is 17.2 Å². The number of carbonyl (C=O) groups excluding carboxylic acids is 2. The summed E-state index contributed by atoms with van der Waals surface area (Å²) in [5.41, 5.74) is 0.137. The first-order valence-corrected chi connectivity index (χ1v) is 11.2. The Balaban J connectivity index is 1.46. The molecule has 0 radical (unpaired) electrons. The molecule has 7 nitrogen and oxygen atoms in total. The zero-order valence-electron chi connectivity index (χ0n) is 18.5. The van der Waals surface area contributed by atoms with Crippen molar-refractivity contribution in [1.29, 1.82) is 0 Å². The minimum Gasteiger partial charge on any atom is -0.489 e. The maximum atomic E-state index is 13.2. The monoisotopic (exact) mass is 483 g/mol. The molecule has 176 valence electrons. The number of likely N-dealkylation sites (tertiary alicyclic amines) is 1. The van der Waals surface area contributed by atoms with Crippen LogP contribution >= 0.6 is 11.6 Å². The molecular formula is C25H23ClFN3O4. The Kier molecular flexibility index (Phi) is 7.07. The van der Waals surface area contributed by atoms with Crippen molar-refractivity contribution in [3.05, 3.63) is 77.3 Å². The number of benzene rings is 2. The van der Waals surface area contributed by atoms with Gasteiger partial charge in [0.25, 0.3) is 5.91 Å². The molecule has 3 aromatic rings. The lowest BCUT2D eigenvalue weighted by molar-refractivity contribution is -0.156. The smallest absolute Gasteiger partial charge is 0.317 e. The van der Waals surface area contributed by atoms with E-state index in [1.165, 1.54) is 36.7 Å². The molecule has 0 aliphatic carbocycles. The molecule has 1 amide bonds. The average molecular weight is 484 g/mol. The molecular weight excluding hydrogens is 461 g/mol. The number of rotatable bonds is 7. The van der Waals surface area contributed by atoms with E-state index in [0.29, 0.717) is 35.1 Å². The van der Waals surface area contributed by atoms with Crippen molar-refractivity contribution in [2.75, 3.05) is 26.3 Å². The highest BCUT2D eigenvalue weighted by molar-refractivity contribution is 6.30. The average Bonchev–Trinajstić information content (AvgIpc) is 3.30. The van der Waals surface area contributed by atoms with Gasteiger partial charge in [-0.1, -0.05) is 11.6 Å². The van der Waals surface area contributed by atoms with Gasteiger partial charge in [0.1, 0.15) is 17.8 Å². The molecule has 9 heteroatoms. The first kappa shape index (κ1) is 23.6. The van der Waals surface area contributed by atoms with Gasteiger partial charge in [0.15, 0.2) is 11.6 Å². The van der Waals surface area contributed by atoms with Crippen molar-refractivity contribution in [2.24, 2.45) is 5.41 Å². The second-order valence-electron chi connectivity index (χ2n) is 8.02. The van der Waals surface area contributed by atoms with E-state index in [0.717, 1.165) is 5.56 Å². The summed E-state index contributed by atoms with van der Waals surface area (Å²) in [7, 11) is 0. The minimum absolute atomic E-state index is 0.00266. The molecule has 4 rings (SSSR count). The third kappa shape index (κ3) is 5.17. The molecule has 34 heavy (non-hydrogen) atoms. The normalized spacial score (nSPS) is 17.4. The molecule has 1 aliphatic rings. The molecule has 2 heterocycles. The van der Waals surface area contributed by atoms with E-state index in [1.54, 1.807) is 24.0 Å². The van der Waals surface area contributed by atoms with E-state index in [-0.39, 0.29) is 25.7 Å². The number of carbonyl (C=O) groups is 2. The van der Waals surface area contributed by atoms with E-state index in [1.807, 2.05) is 12.1 Å². The molecule has 1 atom stereocenters. The van der Waals surface area contributed by atoms with Crippen LogP contribution in [0.5, 0.6) is 5.75 Å². The molecule has 1 saturated heterocycles. The number of aromatic nitrogens is 2. The number of hydrogen-bond acceptors (Lipinski definition) is 6. The van der Waals surface area contributed by atoms with E-state index >= 15 is 0 Å². The summed E-state index contributed by atoms with van der Waals surface area (Å²) in [6, 6.07) is 12.5. The van der Waals surface area contributed by atoms with Crippen LogP contribution in [0.1, 0.15) is 23.7 Å². The van der Waals surface area contributed by atoms with Crippen LogP contribution in [0.25, 0.3) is 11.4 Å². The van der Waals surface area contributed by atoms with Crippen LogP contribution in [0, 0.1) is 11.2 Å². The van der Waals surface area contributed by atoms with Gasteiger partial charge in [0.05, 0.1) is 19.0 Å². The van der Waals surface area contributed by atoms with Gasteiger partial charge >= 0.3 is 5.97 Å². The highest BCUT2D eigenvalue weighted by Crippen LogP contribution is 2.34. The summed E-state index contributed by atoms with van der Waals surface area (Å²) in [6.07, 6.45) is 3.45. The Hall–Kier alpha value is -3.52. The van der Waals surface area contributed by atoms with Crippen LogP contribution in [0.2, 0.25) is 5.02 Å². The molecule has 1 fully saturated rings. The van der Waals surface area contributed by atoms with E-state index in [4.69, 9.17) is 21.1 Å². The molecule has 2 aromatic carbocycles. The quantitative estimate of drug-likeness (QED) is 0.463. The predicted octanol–water partition coefficient (Wildman–Crippen LogP) is 4.41. The highest BCUT2D eigenvalue weighted by atomic mass is 35.5. The fraction of sp³-hybridized carbons (Fsp3) is 0.280.